The third kappa shape index (κ3) is 12.1. The number of ketones is 2. The summed E-state index contributed by atoms with van der Waals surface area (Å²) in [7, 11) is 1.60. The molecule has 10 atom stereocenters. The van der Waals surface area contributed by atoms with Crippen LogP contribution in [-0.2, 0) is 39.8 Å². The zero-order valence-corrected chi connectivity index (χ0v) is 34.4. The van der Waals surface area contributed by atoms with Gasteiger partial charge in [0.25, 0.3) is 11.7 Å². The molecule has 1 aromatic heterocycles. The minimum Gasteiger partial charge on any atom is -0.460 e. The number of amides is 1. The van der Waals surface area contributed by atoms with Crippen LogP contribution in [0, 0.1) is 23.7 Å². The summed E-state index contributed by atoms with van der Waals surface area (Å²) in [5.74, 6) is -6.03. The normalized spacial score (nSPS) is 35.2. The zero-order chi connectivity index (χ0) is 41.0. The molecule has 4 rings (SSSR count). The number of fused-ring (bicyclic) bond motifs is 3. The van der Waals surface area contributed by atoms with Crippen LogP contribution in [0.15, 0.2) is 72.1 Å². The summed E-state index contributed by atoms with van der Waals surface area (Å²) in [4.78, 5) is 60.7. The Morgan fingerprint density at radius 2 is 1.71 bits per heavy atom. The van der Waals surface area contributed by atoms with Crippen molar-refractivity contribution in [3.63, 3.8) is 0 Å². The van der Waals surface area contributed by atoms with Crippen molar-refractivity contribution < 1.29 is 43.6 Å². The number of ether oxygens (including phenoxy) is 3. The molecule has 1 unspecified atom stereocenters. The van der Waals surface area contributed by atoms with Crippen LogP contribution in [0.4, 0.5) is 0 Å². The lowest BCUT2D eigenvalue weighted by molar-refractivity contribution is -0.265. The molecule has 11 nitrogen and oxygen atoms in total. The Labute approximate surface area is 333 Å². The van der Waals surface area contributed by atoms with Gasteiger partial charge in [-0.25, -0.2) is 4.79 Å². The number of rotatable bonds is 4. The fourth-order valence-electron chi connectivity index (χ4n) is 7.95. The lowest BCUT2D eigenvalue weighted by Crippen LogP contribution is -2.61. The highest BCUT2D eigenvalue weighted by Gasteiger charge is 2.53. The second-order valence-electron chi connectivity index (χ2n) is 16.4. The number of methoxy groups -OCH3 is 1. The molecule has 2 saturated heterocycles. The molecular formula is C45H64N2O9. The Morgan fingerprint density at radius 3 is 2.43 bits per heavy atom. The Balaban J connectivity index is 1.66. The predicted octanol–water partition coefficient (Wildman–Crippen LogP) is 6.42. The number of aromatic nitrogens is 1. The van der Waals surface area contributed by atoms with E-state index in [0.717, 1.165) is 11.1 Å². The third-order valence-electron chi connectivity index (χ3n) is 11.9. The van der Waals surface area contributed by atoms with E-state index >= 15 is 0 Å². The van der Waals surface area contributed by atoms with Crippen LogP contribution in [0.5, 0.6) is 0 Å². The Bertz CT molecular complexity index is 1620. The summed E-state index contributed by atoms with van der Waals surface area (Å²) in [5.41, 5.74) is 2.53. The highest BCUT2D eigenvalue weighted by molar-refractivity contribution is 6.39. The number of carbonyl (C=O) groups excluding carboxylic acids is 4. The van der Waals surface area contributed by atoms with Gasteiger partial charge in [0, 0.05) is 57.1 Å². The Hall–Kier alpha value is -3.77. The van der Waals surface area contributed by atoms with Crippen molar-refractivity contribution in [1.29, 1.82) is 0 Å². The van der Waals surface area contributed by atoms with Crippen LogP contribution >= 0.6 is 0 Å². The van der Waals surface area contributed by atoms with E-state index in [4.69, 9.17) is 14.2 Å². The first kappa shape index (κ1) is 44.9. The first-order valence-corrected chi connectivity index (χ1v) is 20.4. The summed E-state index contributed by atoms with van der Waals surface area (Å²) in [6, 6.07) is 2.78. The molecule has 56 heavy (non-hydrogen) atoms. The van der Waals surface area contributed by atoms with Gasteiger partial charge < -0.3 is 29.3 Å². The quantitative estimate of drug-likeness (QED) is 0.199. The number of esters is 1. The number of cyclic esters (lactones) is 1. The van der Waals surface area contributed by atoms with E-state index in [0.29, 0.717) is 56.9 Å². The minimum atomic E-state index is -2.36. The maximum absolute atomic E-state index is 14.1. The molecule has 3 aliphatic rings. The molecule has 0 aromatic carbocycles. The predicted molar refractivity (Wildman–Crippen MR) is 214 cm³/mol. The van der Waals surface area contributed by atoms with Gasteiger partial charge in [-0.3, -0.25) is 19.4 Å². The topological polar surface area (TPSA) is 153 Å². The fourth-order valence-corrected chi connectivity index (χ4v) is 7.95. The van der Waals surface area contributed by atoms with Gasteiger partial charge >= 0.3 is 5.97 Å². The van der Waals surface area contributed by atoms with Gasteiger partial charge in [0.2, 0.25) is 5.79 Å². The minimum absolute atomic E-state index is 0.0235. The number of hydrogen-bond acceptors (Lipinski definition) is 10. The lowest BCUT2D eigenvalue weighted by Gasteiger charge is -2.42. The first-order chi connectivity index (χ1) is 26.6. The number of carbonyl (C=O) groups is 4. The van der Waals surface area contributed by atoms with Gasteiger partial charge in [0.05, 0.1) is 18.3 Å². The molecule has 1 aromatic rings. The van der Waals surface area contributed by atoms with Crippen molar-refractivity contribution in [1.82, 2.24) is 9.88 Å². The number of piperidine rings is 1. The fraction of sp³-hybridized carbons (Fsp3) is 0.622. The number of aliphatic hydroxyl groups excluding tert-OH is 1. The average Bonchev–Trinajstić information content (AvgIpc) is 3.18. The molecule has 308 valence electrons. The van der Waals surface area contributed by atoms with E-state index in [1.165, 1.54) is 4.90 Å². The summed E-state index contributed by atoms with van der Waals surface area (Å²) in [6.07, 6.45) is 16.8. The summed E-state index contributed by atoms with van der Waals surface area (Å²) >= 11 is 0. The van der Waals surface area contributed by atoms with Crippen LogP contribution in [-0.4, -0.2) is 93.4 Å². The molecule has 3 aliphatic heterocycles. The number of hydrogen-bond donors (Lipinski definition) is 2. The van der Waals surface area contributed by atoms with E-state index in [-0.39, 0.29) is 49.0 Å². The second kappa shape index (κ2) is 21.1. The number of Topliss-reactive ketones (excluding diaryl/α,β-unsaturated/α-hetero) is 2. The van der Waals surface area contributed by atoms with Gasteiger partial charge in [0.15, 0.2) is 0 Å². The van der Waals surface area contributed by atoms with Gasteiger partial charge in [-0.05, 0) is 99.5 Å². The zero-order valence-electron chi connectivity index (χ0n) is 34.4. The van der Waals surface area contributed by atoms with E-state index < -0.39 is 53.7 Å². The molecule has 0 spiro atoms. The van der Waals surface area contributed by atoms with E-state index in [1.807, 2.05) is 69.4 Å². The lowest BCUT2D eigenvalue weighted by atomic mass is 9.85. The molecule has 11 heteroatoms. The highest BCUT2D eigenvalue weighted by Crippen LogP contribution is 2.36. The Kier molecular flexibility index (Phi) is 16.9. The molecule has 1 amide bonds. The smallest absolute Gasteiger partial charge is 0.329 e. The van der Waals surface area contributed by atoms with Crippen LogP contribution < -0.4 is 0 Å². The maximum Gasteiger partial charge on any atom is 0.329 e. The van der Waals surface area contributed by atoms with Crippen molar-refractivity contribution in [2.45, 2.75) is 142 Å². The van der Waals surface area contributed by atoms with Crippen LogP contribution in [0.3, 0.4) is 0 Å². The Morgan fingerprint density at radius 1 is 0.982 bits per heavy atom. The van der Waals surface area contributed by atoms with Gasteiger partial charge in [0.1, 0.15) is 17.9 Å². The molecule has 2 N–H and O–H groups in total. The number of pyridine rings is 1. The van der Waals surface area contributed by atoms with Crippen molar-refractivity contribution >= 4 is 23.4 Å². The largest absolute Gasteiger partial charge is 0.460 e. The van der Waals surface area contributed by atoms with Crippen molar-refractivity contribution in [3.05, 3.63) is 77.7 Å². The van der Waals surface area contributed by atoms with E-state index in [9.17, 15) is 29.4 Å². The maximum atomic E-state index is 14.1. The molecule has 0 aliphatic carbocycles. The van der Waals surface area contributed by atoms with E-state index in [2.05, 4.69) is 11.9 Å². The number of nitrogens with zero attached hydrogens (tertiary/aromatic N) is 2. The van der Waals surface area contributed by atoms with Crippen molar-refractivity contribution in [2.24, 2.45) is 23.7 Å². The second-order valence-corrected chi connectivity index (χ2v) is 16.4. The third-order valence-corrected chi connectivity index (χ3v) is 11.9. The average molecular weight is 777 g/mol. The van der Waals surface area contributed by atoms with Crippen molar-refractivity contribution in [3.8, 4) is 0 Å². The first-order valence-electron chi connectivity index (χ1n) is 20.4. The van der Waals surface area contributed by atoms with E-state index in [1.54, 1.807) is 33.4 Å². The molecule has 0 radical (unpaired) electrons. The van der Waals surface area contributed by atoms with Gasteiger partial charge in [-0.1, -0.05) is 64.2 Å². The van der Waals surface area contributed by atoms with Gasteiger partial charge in [-0.2, -0.15) is 0 Å². The SMILES string of the molecule is CO[C@H]1C[C@@H]2CC[C@@H](C)[C@@](O)(O2)C(=O)C(=O)N2CCCC[C@H]2C(=O)OC([C@H](C)Cc2ccncc2)C/C=C(\C)[C@@H](O)CC(=O)[C@H](C)C[C@H](C)/C=C/C=C/C=C1C. The summed E-state index contributed by atoms with van der Waals surface area (Å²) in [6.45, 7) is 11.5. The summed E-state index contributed by atoms with van der Waals surface area (Å²) in [5, 5.41) is 22.9. The number of aliphatic hydroxyl groups is 2. The molecule has 4 heterocycles. The van der Waals surface area contributed by atoms with Crippen LogP contribution in [0.1, 0.15) is 105 Å². The number of allylic oxidation sites excluding steroid dienone is 5. The van der Waals surface area contributed by atoms with Crippen LogP contribution in [0.25, 0.3) is 0 Å². The molecule has 2 fully saturated rings. The van der Waals surface area contributed by atoms with Crippen molar-refractivity contribution in [2.75, 3.05) is 13.7 Å². The molecule has 2 bridgehead atoms. The molecular weight excluding hydrogens is 712 g/mol. The molecule has 0 saturated carbocycles. The standard InChI is InChI=1S/C45H64N2O9/c1-29-13-9-8-10-14-31(3)41(54-7)27-36-18-17-34(6)45(53,56-36)42(50)43(51)47-24-12-11-15-37(47)44(52)55-40(33(5)26-35-20-22-46-23-21-35)19-16-30(2)38(48)28-39(49)32(4)25-29/h8-10,13-14,16,20-23,29,32-34,36-38,40-41,48,53H,11-12,15,17-19,24-28H2,1-7H3/b10-8+,13-9+,30-16+,31-14?/t29-,32-,33-,34-,36+,37+,38+,40?,41+,45-/m1/s1. The van der Waals surface area contributed by atoms with Crippen LogP contribution in [0.2, 0.25) is 0 Å². The van der Waals surface area contributed by atoms with Gasteiger partial charge in [-0.15, -0.1) is 0 Å². The monoisotopic (exact) mass is 776 g/mol. The highest BCUT2D eigenvalue weighted by atomic mass is 16.6. The summed E-state index contributed by atoms with van der Waals surface area (Å²) < 4.78 is 18.1.